The van der Waals surface area contributed by atoms with Crippen molar-refractivity contribution in [3.05, 3.63) is 35.4 Å². The van der Waals surface area contributed by atoms with Crippen molar-refractivity contribution in [1.82, 2.24) is 0 Å². The van der Waals surface area contributed by atoms with E-state index in [-0.39, 0.29) is 5.92 Å². The van der Waals surface area contributed by atoms with E-state index in [9.17, 15) is 0 Å². The topological polar surface area (TPSA) is 23.8 Å². The van der Waals surface area contributed by atoms with E-state index in [0.717, 1.165) is 5.56 Å². The summed E-state index contributed by atoms with van der Waals surface area (Å²) in [5, 5.41) is 8.83. The minimum Gasteiger partial charge on any atom is -0.198 e. The molecule has 0 aliphatic heterocycles. The highest BCUT2D eigenvalue weighted by Gasteiger charge is 2.07. The third-order valence-corrected chi connectivity index (χ3v) is 1.96. The Morgan fingerprint density at radius 2 is 2.00 bits per heavy atom. The van der Waals surface area contributed by atoms with Crippen LogP contribution in [0.25, 0.3) is 0 Å². The number of nitrogens with zero attached hydrogens (tertiary/aromatic N) is 1. The first-order valence-electron chi connectivity index (χ1n) is 4.17. The van der Waals surface area contributed by atoms with Crippen molar-refractivity contribution in [3.63, 3.8) is 0 Å². The molecule has 0 spiro atoms. The zero-order valence-corrected chi connectivity index (χ0v) is 7.62. The maximum absolute atomic E-state index is 8.83. The molecule has 13 heavy (non-hydrogen) atoms. The van der Waals surface area contributed by atoms with Crippen LogP contribution >= 0.6 is 0 Å². The average molecular weight is 169 g/mol. The quantitative estimate of drug-likeness (QED) is 0.624. The summed E-state index contributed by atoms with van der Waals surface area (Å²) in [5.41, 5.74) is 2.20. The maximum Gasteiger partial charge on any atom is 0.0821 e. The van der Waals surface area contributed by atoms with Crippen molar-refractivity contribution < 1.29 is 0 Å². The van der Waals surface area contributed by atoms with Gasteiger partial charge in [-0.2, -0.15) is 5.26 Å². The first-order valence-corrected chi connectivity index (χ1v) is 4.17. The van der Waals surface area contributed by atoms with Crippen LogP contribution < -0.4 is 0 Å². The van der Waals surface area contributed by atoms with Gasteiger partial charge in [0.15, 0.2) is 0 Å². The molecule has 0 aliphatic rings. The van der Waals surface area contributed by atoms with Crippen LogP contribution in [-0.4, -0.2) is 0 Å². The Kier molecular flexibility index (Phi) is 3.12. The van der Waals surface area contributed by atoms with Gasteiger partial charge in [0.25, 0.3) is 0 Å². The number of hydrogen-bond acceptors (Lipinski definition) is 1. The Morgan fingerprint density at radius 3 is 2.46 bits per heavy atom. The average Bonchev–Trinajstić information content (AvgIpc) is 2.16. The summed E-state index contributed by atoms with van der Waals surface area (Å²) in [4.78, 5) is 0. The van der Waals surface area contributed by atoms with Gasteiger partial charge in [0.1, 0.15) is 0 Å². The Hall–Kier alpha value is -1.73. The molecule has 64 valence electrons. The van der Waals surface area contributed by atoms with Crippen molar-refractivity contribution >= 4 is 0 Å². The molecule has 1 nitrogen and oxygen atoms in total. The highest BCUT2D eigenvalue weighted by molar-refractivity contribution is 5.29. The zero-order chi connectivity index (χ0) is 9.68. The fourth-order valence-corrected chi connectivity index (χ4v) is 1.15. The molecule has 1 unspecified atom stereocenters. The predicted molar refractivity (Wildman–Crippen MR) is 53.0 cm³/mol. The van der Waals surface area contributed by atoms with Crippen molar-refractivity contribution in [3.8, 4) is 18.4 Å². The standard InChI is InChI=1S/C12H11N/c1-3-4-12(9-13)11-7-5-10(2)6-8-11/h1,5-8,12H,4H2,2H3. The Balaban J connectivity index is 2.89. The predicted octanol–water partition coefficient (Wildman–Crippen LogP) is 2.63. The second-order valence-corrected chi connectivity index (χ2v) is 3.00. The van der Waals surface area contributed by atoms with Gasteiger partial charge >= 0.3 is 0 Å². The number of hydrogen-bond donors (Lipinski definition) is 0. The van der Waals surface area contributed by atoms with Crippen LogP contribution in [0.15, 0.2) is 24.3 Å². The van der Waals surface area contributed by atoms with Gasteiger partial charge in [0, 0.05) is 6.42 Å². The van der Waals surface area contributed by atoms with E-state index in [1.54, 1.807) is 0 Å². The molecule has 0 heterocycles. The van der Waals surface area contributed by atoms with Crippen LogP contribution in [0.5, 0.6) is 0 Å². The molecular formula is C12H11N. The molecule has 0 saturated carbocycles. The van der Waals surface area contributed by atoms with E-state index < -0.39 is 0 Å². The molecule has 1 heteroatoms. The molecule has 0 N–H and O–H groups in total. The van der Waals surface area contributed by atoms with Gasteiger partial charge in [-0.05, 0) is 12.5 Å². The van der Waals surface area contributed by atoms with Crippen LogP contribution in [0.3, 0.4) is 0 Å². The smallest absolute Gasteiger partial charge is 0.0821 e. The Labute approximate surface area is 79.0 Å². The summed E-state index contributed by atoms with van der Waals surface area (Å²) >= 11 is 0. The summed E-state index contributed by atoms with van der Waals surface area (Å²) in [5.74, 6) is 2.35. The van der Waals surface area contributed by atoms with Crippen LogP contribution in [0, 0.1) is 30.6 Å². The van der Waals surface area contributed by atoms with Gasteiger partial charge in [-0.15, -0.1) is 12.3 Å². The van der Waals surface area contributed by atoms with Crippen LogP contribution in [-0.2, 0) is 0 Å². The number of rotatable bonds is 2. The number of terminal acetylenes is 1. The molecule has 0 radical (unpaired) electrons. The van der Waals surface area contributed by atoms with Crippen LogP contribution in [0.4, 0.5) is 0 Å². The number of benzene rings is 1. The van der Waals surface area contributed by atoms with Gasteiger partial charge in [-0.25, -0.2) is 0 Å². The second kappa shape index (κ2) is 4.33. The fourth-order valence-electron chi connectivity index (χ4n) is 1.15. The number of nitriles is 1. The molecule has 0 amide bonds. The summed E-state index contributed by atoms with van der Waals surface area (Å²) in [6, 6.07) is 10.1. The van der Waals surface area contributed by atoms with Crippen molar-refractivity contribution in [2.75, 3.05) is 0 Å². The highest BCUT2D eigenvalue weighted by Crippen LogP contribution is 2.18. The van der Waals surface area contributed by atoms with Crippen molar-refractivity contribution in [1.29, 1.82) is 5.26 Å². The van der Waals surface area contributed by atoms with Gasteiger partial charge in [-0.1, -0.05) is 29.8 Å². The van der Waals surface area contributed by atoms with Crippen molar-refractivity contribution in [2.24, 2.45) is 0 Å². The lowest BCUT2D eigenvalue weighted by atomic mass is 9.97. The van der Waals surface area contributed by atoms with Crippen LogP contribution in [0.2, 0.25) is 0 Å². The summed E-state index contributed by atoms with van der Waals surface area (Å²) in [6.45, 7) is 2.02. The molecule has 0 saturated heterocycles. The van der Waals surface area contributed by atoms with Crippen LogP contribution in [0.1, 0.15) is 23.5 Å². The lowest BCUT2D eigenvalue weighted by Gasteiger charge is -2.05. The van der Waals surface area contributed by atoms with Crippen molar-refractivity contribution in [2.45, 2.75) is 19.3 Å². The van der Waals surface area contributed by atoms with E-state index in [1.165, 1.54) is 5.56 Å². The lowest BCUT2D eigenvalue weighted by molar-refractivity contribution is 0.897. The highest BCUT2D eigenvalue weighted by atomic mass is 14.3. The molecular weight excluding hydrogens is 158 g/mol. The number of aryl methyl sites for hydroxylation is 1. The Morgan fingerprint density at radius 1 is 1.38 bits per heavy atom. The van der Waals surface area contributed by atoms with Gasteiger partial charge < -0.3 is 0 Å². The minimum absolute atomic E-state index is 0.161. The maximum atomic E-state index is 8.83. The molecule has 0 fully saturated rings. The molecule has 1 atom stereocenters. The molecule has 1 aromatic rings. The van der Waals surface area contributed by atoms with Gasteiger partial charge in [0.2, 0.25) is 0 Å². The molecule has 0 aliphatic carbocycles. The summed E-state index contributed by atoms with van der Waals surface area (Å²) in [7, 11) is 0. The lowest BCUT2D eigenvalue weighted by Crippen LogP contribution is -1.93. The summed E-state index contributed by atoms with van der Waals surface area (Å²) < 4.78 is 0. The van der Waals surface area contributed by atoms with Gasteiger partial charge in [-0.3, -0.25) is 0 Å². The second-order valence-electron chi connectivity index (χ2n) is 3.00. The van der Waals surface area contributed by atoms with E-state index in [0.29, 0.717) is 6.42 Å². The SMILES string of the molecule is C#CCC(C#N)c1ccc(C)cc1. The monoisotopic (exact) mass is 169 g/mol. The molecule has 1 rings (SSSR count). The summed E-state index contributed by atoms with van der Waals surface area (Å²) in [6.07, 6.45) is 5.66. The van der Waals surface area contributed by atoms with E-state index >= 15 is 0 Å². The zero-order valence-electron chi connectivity index (χ0n) is 7.62. The first kappa shape index (κ1) is 9.36. The van der Waals surface area contributed by atoms with Gasteiger partial charge in [0.05, 0.1) is 12.0 Å². The minimum atomic E-state index is -0.161. The Bertz CT molecular complexity index is 348. The normalized spacial score (nSPS) is 11.3. The van der Waals surface area contributed by atoms with E-state index in [4.69, 9.17) is 11.7 Å². The largest absolute Gasteiger partial charge is 0.198 e. The fraction of sp³-hybridized carbons (Fsp3) is 0.250. The first-order chi connectivity index (χ1) is 6.27. The van der Waals surface area contributed by atoms with E-state index in [2.05, 4.69) is 12.0 Å². The molecule has 0 bridgehead atoms. The third-order valence-electron chi connectivity index (χ3n) is 1.96. The third kappa shape index (κ3) is 2.36. The molecule has 1 aromatic carbocycles. The van der Waals surface area contributed by atoms with E-state index in [1.807, 2.05) is 31.2 Å². The molecule has 0 aromatic heterocycles.